The predicted octanol–water partition coefficient (Wildman–Crippen LogP) is 3.09. The summed E-state index contributed by atoms with van der Waals surface area (Å²) in [7, 11) is -3.60. The number of hydrogen-bond donors (Lipinski definition) is 2. The van der Waals surface area contributed by atoms with Crippen LogP contribution in [0.3, 0.4) is 0 Å². The van der Waals surface area contributed by atoms with Gasteiger partial charge in [-0.2, -0.15) is 0 Å². The molecule has 25 heavy (non-hydrogen) atoms. The van der Waals surface area contributed by atoms with Crippen molar-refractivity contribution in [3.05, 3.63) is 52.8 Å². The van der Waals surface area contributed by atoms with Crippen molar-refractivity contribution in [3.63, 3.8) is 0 Å². The second-order valence-corrected chi connectivity index (χ2v) is 7.64. The summed E-state index contributed by atoms with van der Waals surface area (Å²) in [4.78, 5) is 23.2. The van der Waals surface area contributed by atoms with E-state index in [2.05, 4.69) is 10.6 Å². The Hall–Kier alpha value is -2.45. The fourth-order valence-corrected chi connectivity index (χ4v) is 3.32. The lowest BCUT2D eigenvalue weighted by atomic mass is 10.2. The average Bonchev–Trinajstić information content (AvgIpc) is 2.49. The quantitative estimate of drug-likeness (QED) is 0.847. The molecule has 9 heteroatoms. The smallest absolute Gasteiger partial charge is 0.255 e. The summed E-state index contributed by atoms with van der Waals surface area (Å²) >= 11 is 5.84. The normalized spacial score (nSPS) is 11.0. The molecule has 2 rings (SSSR count). The minimum absolute atomic E-state index is 0.00813. The van der Waals surface area contributed by atoms with Crippen molar-refractivity contribution in [1.82, 2.24) is 0 Å². The largest absolute Gasteiger partial charge is 0.324 e. The van der Waals surface area contributed by atoms with Gasteiger partial charge < -0.3 is 10.6 Å². The zero-order valence-electron chi connectivity index (χ0n) is 13.3. The van der Waals surface area contributed by atoms with Crippen molar-refractivity contribution in [3.8, 4) is 0 Å². The monoisotopic (exact) mass is 384 g/mol. The number of benzene rings is 2. The van der Waals surface area contributed by atoms with E-state index in [9.17, 15) is 22.4 Å². The molecule has 0 bridgehead atoms. The second kappa shape index (κ2) is 7.20. The molecule has 2 aromatic rings. The Bertz CT molecular complexity index is 961. The topological polar surface area (TPSA) is 92.3 Å². The maximum atomic E-state index is 13.6. The zero-order chi connectivity index (χ0) is 18.8. The predicted molar refractivity (Wildman–Crippen MR) is 93.2 cm³/mol. The van der Waals surface area contributed by atoms with Crippen molar-refractivity contribution < 1.29 is 22.4 Å². The Morgan fingerprint density at radius 2 is 1.76 bits per heavy atom. The summed E-state index contributed by atoms with van der Waals surface area (Å²) in [5.41, 5.74) is 0.208. The number of amides is 2. The van der Waals surface area contributed by atoms with E-state index in [0.29, 0.717) is 0 Å². The van der Waals surface area contributed by atoms with Crippen molar-refractivity contribution in [1.29, 1.82) is 0 Å². The summed E-state index contributed by atoms with van der Waals surface area (Å²) in [6, 6.07) is 7.48. The molecule has 2 amide bonds. The van der Waals surface area contributed by atoms with E-state index >= 15 is 0 Å². The van der Waals surface area contributed by atoms with Crippen LogP contribution in [0.15, 0.2) is 41.3 Å². The fraction of sp³-hybridized carbons (Fsp3) is 0.125. The van der Waals surface area contributed by atoms with Crippen LogP contribution in [0.1, 0.15) is 17.3 Å². The highest BCUT2D eigenvalue weighted by Crippen LogP contribution is 2.24. The first-order chi connectivity index (χ1) is 11.6. The molecule has 2 N–H and O–H groups in total. The number of halogens is 2. The Kier molecular flexibility index (Phi) is 5.44. The third-order valence-electron chi connectivity index (χ3n) is 3.13. The molecule has 0 fully saturated rings. The first-order valence-corrected chi connectivity index (χ1v) is 9.23. The van der Waals surface area contributed by atoms with Crippen molar-refractivity contribution in [2.75, 3.05) is 16.9 Å². The molecule has 0 unspecified atom stereocenters. The Morgan fingerprint density at radius 3 is 2.36 bits per heavy atom. The number of rotatable bonds is 4. The Morgan fingerprint density at radius 1 is 1.08 bits per heavy atom. The summed E-state index contributed by atoms with van der Waals surface area (Å²) in [5.74, 6) is -1.72. The second-order valence-electron chi connectivity index (χ2n) is 5.25. The number of carbonyl (C=O) groups is 2. The molecule has 0 radical (unpaired) electrons. The maximum absolute atomic E-state index is 13.6. The van der Waals surface area contributed by atoms with Crippen LogP contribution in [-0.4, -0.2) is 26.5 Å². The lowest BCUT2D eigenvalue weighted by molar-refractivity contribution is -0.114. The van der Waals surface area contributed by atoms with Gasteiger partial charge in [0.05, 0.1) is 15.6 Å². The molecular weight excluding hydrogens is 371 g/mol. The van der Waals surface area contributed by atoms with Gasteiger partial charge in [-0.3, -0.25) is 9.59 Å². The minimum Gasteiger partial charge on any atom is -0.324 e. The lowest BCUT2D eigenvalue weighted by Gasteiger charge is -2.10. The zero-order valence-corrected chi connectivity index (χ0v) is 14.8. The van der Waals surface area contributed by atoms with Gasteiger partial charge in [-0.05, 0) is 36.4 Å². The third kappa shape index (κ3) is 4.77. The number of carbonyl (C=O) groups excluding carboxylic acids is 2. The van der Waals surface area contributed by atoms with E-state index < -0.39 is 27.5 Å². The molecule has 2 aromatic carbocycles. The van der Waals surface area contributed by atoms with Gasteiger partial charge in [0.25, 0.3) is 5.91 Å². The number of sulfone groups is 1. The number of nitrogens with one attached hydrogen (secondary N) is 2. The van der Waals surface area contributed by atoms with Crippen LogP contribution in [0.25, 0.3) is 0 Å². The molecular formula is C16H14ClFN2O4S. The maximum Gasteiger partial charge on any atom is 0.255 e. The minimum atomic E-state index is -3.60. The van der Waals surface area contributed by atoms with Gasteiger partial charge in [-0.1, -0.05) is 11.6 Å². The van der Waals surface area contributed by atoms with Gasteiger partial charge in [0, 0.05) is 24.4 Å². The van der Waals surface area contributed by atoms with Crippen molar-refractivity contribution >= 4 is 44.6 Å². The molecule has 0 saturated heterocycles. The van der Waals surface area contributed by atoms with E-state index in [4.69, 9.17) is 11.6 Å². The molecule has 6 nitrogen and oxygen atoms in total. The van der Waals surface area contributed by atoms with Crippen LogP contribution in [0.4, 0.5) is 15.8 Å². The highest BCUT2D eigenvalue weighted by Gasteiger charge is 2.16. The molecule has 0 aliphatic rings. The van der Waals surface area contributed by atoms with Gasteiger partial charge in [0.15, 0.2) is 9.84 Å². The van der Waals surface area contributed by atoms with Crippen molar-refractivity contribution in [2.45, 2.75) is 11.8 Å². The molecule has 0 aromatic heterocycles. The van der Waals surface area contributed by atoms with Crippen LogP contribution < -0.4 is 10.6 Å². The van der Waals surface area contributed by atoms with E-state index in [1.165, 1.54) is 31.2 Å². The summed E-state index contributed by atoms with van der Waals surface area (Å²) < 4.78 is 37.0. The molecule has 132 valence electrons. The molecule has 0 spiro atoms. The van der Waals surface area contributed by atoms with E-state index in [1.807, 2.05) is 0 Å². The first kappa shape index (κ1) is 18.9. The molecule has 0 atom stereocenters. The molecule has 0 aliphatic heterocycles. The van der Waals surface area contributed by atoms with Crippen LogP contribution in [0.5, 0.6) is 0 Å². The van der Waals surface area contributed by atoms with E-state index in [1.54, 1.807) is 0 Å². The summed E-state index contributed by atoms with van der Waals surface area (Å²) in [5, 5.41) is 4.81. The van der Waals surface area contributed by atoms with E-state index in [0.717, 1.165) is 18.4 Å². The van der Waals surface area contributed by atoms with E-state index in [-0.39, 0.29) is 26.9 Å². The van der Waals surface area contributed by atoms with Crippen molar-refractivity contribution in [2.24, 2.45) is 0 Å². The van der Waals surface area contributed by atoms with Gasteiger partial charge in [-0.15, -0.1) is 0 Å². The van der Waals surface area contributed by atoms with Gasteiger partial charge in [0.2, 0.25) is 5.91 Å². The average molecular weight is 385 g/mol. The Labute approximate surface area is 148 Å². The summed E-state index contributed by atoms with van der Waals surface area (Å²) in [6.45, 7) is 1.23. The third-order valence-corrected chi connectivity index (χ3v) is 4.71. The van der Waals surface area contributed by atoms with Crippen LogP contribution in [0, 0.1) is 5.82 Å². The standard InChI is InChI=1S/C16H14ClFN2O4S/c1-9(21)19-14-8-11(4-6-13(14)18)20-16(22)10-3-5-12(17)15(7-10)25(2,23)24/h3-8H,1-2H3,(H,19,21)(H,20,22). The lowest BCUT2D eigenvalue weighted by Crippen LogP contribution is -2.14. The van der Waals surface area contributed by atoms with Crippen LogP contribution in [0.2, 0.25) is 5.02 Å². The number of hydrogen-bond acceptors (Lipinski definition) is 4. The highest BCUT2D eigenvalue weighted by atomic mass is 35.5. The van der Waals surface area contributed by atoms with Gasteiger partial charge in [0.1, 0.15) is 5.82 Å². The SMILES string of the molecule is CC(=O)Nc1cc(NC(=O)c2ccc(Cl)c(S(C)(=O)=O)c2)ccc1F. The Balaban J connectivity index is 2.30. The fourth-order valence-electron chi connectivity index (χ4n) is 2.02. The molecule has 0 aliphatic carbocycles. The van der Waals surface area contributed by atoms with Gasteiger partial charge in [-0.25, -0.2) is 12.8 Å². The molecule has 0 heterocycles. The first-order valence-electron chi connectivity index (χ1n) is 6.96. The van der Waals surface area contributed by atoms with Crippen LogP contribution >= 0.6 is 11.6 Å². The summed E-state index contributed by atoms with van der Waals surface area (Å²) in [6.07, 6.45) is 0.982. The number of anilines is 2. The molecule has 0 saturated carbocycles. The van der Waals surface area contributed by atoms with Gasteiger partial charge >= 0.3 is 0 Å². The van der Waals surface area contributed by atoms with Crippen LogP contribution in [-0.2, 0) is 14.6 Å². The highest BCUT2D eigenvalue weighted by molar-refractivity contribution is 7.90.